The predicted molar refractivity (Wildman–Crippen MR) is 79.0 cm³/mol. The molecule has 2 aromatic rings. The van der Waals surface area contributed by atoms with Crippen LogP contribution in [0.4, 0.5) is 5.69 Å². The van der Waals surface area contributed by atoms with Gasteiger partial charge in [-0.3, -0.25) is 0 Å². The normalized spacial score (nSPS) is 26.1. The molecule has 6 nitrogen and oxygen atoms in total. The van der Waals surface area contributed by atoms with Crippen molar-refractivity contribution in [1.82, 2.24) is 20.2 Å². The predicted octanol–water partition coefficient (Wildman–Crippen LogP) is 2.21. The Bertz CT molecular complexity index is 643. The Kier molecular flexibility index (Phi) is 3.25. The highest BCUT2D eigenvalue weighted by molar-refractivity contribution is 9.10. The van der Waals surface area contributed by atoms with Crippen molar-refractivity contribution in [2.45, 2.75) is 31.9 Å². The average molecular weight is 338 g/mol. The lowest BCUT2D eigenvalue weighted by Crippen LogP contribution is -2.38. The van der Waals surface area contributed by atoms with Crippen molar-refractivity contribution in [2.24, 2.45) is 0 Å². The number of nitrogen functional groups attached to an aromatic ring is 1. The third kappa shape index (κ3) is 1.92. The van der Waals surface area contributed by atoms with Crippen molar-refractivity contribution < 1.29 is 4.74 Å². The first-order valence-corrected chi connectivity index (χ1v) is 7.28. The lowest BCUT2D eigenvalue weighted by Gasteiger charge is -2.28. The fourth-order valence-electron chi connectivity index (χ4n) is 2.52. The van der Waals surface area contributed by atoms with E-state index in [1.807, 2.05) is 29.8 Å². The lowest BCUT2D eigenvalue weighted by atomic mass is 9.94. The number of tetrazole rings is 1. The van der Waals surface area contributed by atoms with Gasteiger partial charge in [-0.05, 0) is 58.8 Å². The third-order valence-electron chi connectivity index (χ3n) is 4.07. The molecule has 0 aliphatic carbocycles. The summed E-state index contributed by atoms with van der Waals surface area (Å²) in [5.74, 6) is 0.698. The Labute approximate surface area is 125 Å². The van der Waals surface area contributed by atoms with Crippen LogP contribution in [0.3, 0.4) is 0 Å². The van der Waals surface area contributed by atoms with Gasteiger partial charge in [0, 0.05) is 17.9 Å². The second-order valence-electron chi connectivity index (χ2n) is 5.24. The van der Waals surface area contributed by atoms with Gasteiger partial charge in [-0.2, -0.15) is 0 Å². The molecule has 2 N–H and O–H groups in total. The van der Waals surface area contributed by atoms with Gasteiger partial charge in [-0.25, -0.2) is 4.68 Å². The van der Waals surface area contributed by atoms with Gasteiger partial charge in [-0.15, -0.1) is 5.10 Å². The van der Waals surface area contributed by atoms with Crippen LogP contribution in [-0.2, 0) is 10.3 Å². The quantitative estimate of drug-likeness (QED) is 0.850. The van der Waals surface area contributed by atoms with E-state index in [0.717, 1.165) is 23.1 Å². The molecule has 1 aliphatic heterocycles. The largest absolute Gasteiger partial charge is 0.398 e. The molecule has 0 radical (unpaired) electrons. The Morgan fingerprint density at radius 1 is 1.50 bits per heavy atom. The molecule has 0 spiro atoms. The second-order valence-corrected chi connectivity index (χ2v) is 6.04. The summed E-state index contributed by atoms with van der Waals surface area (Å²) in [6.45, 7) is 4.88. The minimum absolute atomic E-state index is 0.0598. The van der Waals surface area contributed by atoms with Crippen molar-refractivity contribution in [3.8, 4) is 11.4 Å². The number of hydrogen-bond acceptors (Lipinski definition) is 5. The Balaban J connectivity index is 2.14. The average Bonchev–Trinajstić information content (AvgIpc) is 3.02. The summed E-state index contributed by atoms with van der Waals surface area (Å²) in [7, 11) is 0. The summed E-state index contributed by atoms with van der Waals surface area (Å²) in [4.78, 5) is 0. The van der Waals surface area contributed by atoms with E-state index in [9.17, 15) is 0 Å². The molecule has 3 rings (SSSR count). The van der Waals surface area contributed by atoms with E-state index < -0.39 is 0 Å². The van der Waals surface area contributed by atoms with Crippen LogP contribution in [0.25, 0.3) is 11.4 Å². The van der Waals surface area contributed by atoms with E-state index in [1.165, 1.54) is 0 Å². The van der Waals surface area contributed by atoms with Gasteiger partial charge in [0.2, 0.25) is 0 Å². The summed E-state index contributed by atoms with van der Waals surface area (Å²) in [6, 6.07) is 5.68. The van der Waals surface area contributed by atoms with Gasteiger partial charge in [0.25, 0.3) is 0 Å². The molecule has 2 heterocycles. The minimum Gasteiger partial charge on any atom is -0.398 e. The van der Waals surface area contributed by atoms with Gasteiger partial charge in [0.05, 0.1) is 16.1 Å². The topological polar surface area (TPSA) is 78.8 Å². The zero-order chi connectivity index (χ0) is 14.3. The summed E-state index contributed by atoms with van der Waals surface area (Å²) < 4.78 is 8.35. The zero-order valence-electron chi connectivity index (χ0n) is 11.4. The second kappa shape index (κ2) is 4.82. The Morgan fingerprint density at radius 2 is 2.30 bits per heavy atom. The monoisotopic (exact) mass is 337 g/mol. The molecule has 1 saturated heterocycles. The molecular formula is C13H16BrN5O. The van der Waals surface area contributed by atoms with Crippen LogP contribution in [0.1, 0.15) is 20.3 Å². The number of ether oxygens (including phenoxy) is 1. The highest BCUT2D eigenvalue weighted by atomic mass is 79.9. The highest BCUT2D eigenvalue weighted by Crippen LogP contribution is 2.37. The third-order valence-corrected chi connectivity index (χ3v) is 4.96. The van der Waals surface area contributed by atoms with Gasteiger partial charge in [-0.1, -0.05) is 6.07 Å². The highest BCUT2D eigenvalue weighted by Gasteiger charge is 2.42. The van der Waals surface area contributed by atoms with Crippen LogP contribution in [0.2, 0.25) is 0 Å². The standard InChI is InChI=1S/C13H16BrN5O/c1-8-13(2,6-7-20-8)19-12(16-17-18-19)9-4-3-5-10(15)11(9)14/h3-5,8H,6-7,15H2,1-2H3. The number of hydrogen-bond donors (Lipinski definition) is 1. The number of nitrogens with zero attached hydrogens (tertiary/aromatic N) is 4. The van der Waals surface area contributed by atoms with Gasteiger partial charge in [0.15, 0.2) is 5.82 Å². The van der Waals surface area contributed by atoms with Crippen molar-refractivity contribution >= 4 is 21.6 Å². The Morgan fingerprint density at radius 3 is 3.00 bits per heavy atom. The van der Waals surface area contributed by atoms with Crippen LogP contribution in [0, 0.1) is 0 Å². The molecule has 1 aliphatic rings. The summed E-state index contributed by atoms with van der Waals surface area (Å²) in [5, 5.41) is 12.2. The Hall–Kier alpha value is -1.47. The number of halogens is 1. The SMILES string of the molecule is CC1OCCC1(C)n1nnnc1-c1cccc(N)c1Br. The lowest BCUT2D eigenvalue weighted by molar-refractivity contribution is 0.0706. The van der Waals surface area contributed by atoms with Crippen molar-refractivity contribution in [3.05, 3.63) is 22.7 Å². The molecule has 0 bridgehead atoms. The summed E-state index contributed by atoms with van der Waals surface area (Å²) in [6.07, 6.45) is 0.941. The van der Waals surface area contributed by atoms with E-state index >= 15 is 0 Å². The van der Waals surface area contributed by atoms with E-state index in [2.05, 4.69) is 38.4 Å². The molecule has 20 heavy (non-hydrogen) atoms. The molecule has 2 unspecified atom stereocenters. The van der Waals surface area contributed by atoms with Gasteiger partial charge < -0.3 is 10.5 Å². The smallest absolute Gasteiger partial charge is 0.183 e. The van der Waals surface area contributed by atoms with E-state index in [-0.39, 0.29) is 11.6 Å². The zero-order valence-corrected chi connectivity index (χ0v) is 13.0. The summed E-state index contributed by atoms with van der Waals surface area (Å²) in [5.41, 5.74) is 7.24. The maximum atomic E-state index is 5.94. The van der Waals surface area contributed by atoms with E-state index in [0.29, 0.717) is 11.5 Å². The number of nitrogens with two attached hydrogens (primary N) is 1. The molecule has 106 valence electrons. The number of anilines is 1. The molecule has 1 aromatic heterocycles. The fraction of sp³-hybridized carbons (Fsp3) is 0.462. The van der Waals surface area contributed by atoms with Crippen LogP contribution in [0.15, 0.2) is 22.7 Å². The maximum absolute atomic E-state index is 5.94. The first kappa shape index (κ1) is 13.5. The molecule has 7 heteroatoms. The van der Waals surface area contributed by atoms with E-state index in [4.69, 9.17) is 10.5 Å². The van der Waals surface area contributed by atoms with Crippen LogP contribution in [-0.4, -0.2) is 32.9 Å². The molecule has 1 fully saturated rings. The first-order chi connectivity index (χ1) is 9.54. The van der Waals surface area contributed by atoms with Crippen molar-refractivity contribution in [1.29, 1.82) is 0 Å². The van der Waals surface area contributed by atoms with Crippen LogP contribution < -0.4 is 5.73 Å². The van der Waals surface area contributed by atoms with Crippen LogP contribution in [0.5, 0.6) is 0 Å². The fourth-order valence-corrected chi connectivity index (χ4v) is 2.97. The van der Waals surface area contributed by atoms with Gasteiger partial charge in [0.1, 0.15) is 0 Å². The summed E-state index contributed by atoms with van der Waals surface area (Å²) >= 11 is 3.51. The minimum atomic E-state index is -0.247. The molecular weight excluding hydrogens is 322 g/mol. The number of benzene rings is 1. The number of rotatable bonds is 2. The molecule has 2 atom stereocenters. The number of aromatic nitrogens is 4. The van der Waals surface area contributed by atoms with Gasteiger partial charge >= 0.3 is 0 Å². The van der Waals surface area contributed by atoms with Crippen LogP contribution >= 0.6 is 15.9 Å². The molecule has 0 amide bonds. The first-order valence-electron chi connectivity index (χ1n) is 6.49. The van der Waals surface area contributed by atoms with E-state index in [1.54, 1.807) is 0 Å². The van der Waals surface area contributed by atoms with Crippen molar-refractivity contribution in [2.75, 3.05) is 12.3 Å². The van der Waals surface area contributed by atoms with Crippen molar-refractivity contribution in [3.63, 3.8) is 0 Å². The molecule has 1 aromatic carbocycles. The maximum Gasteiger partial charge on any atom is 0.183 e. The molecule has 0 saturated carbocycles.